The van der Waals surface area contributed by atoms with Crippen LogP contribution < -0.4 is 5.32 Å². The molecule has 0 radical (unpaired) electrons. The number of nitrogens with one attached hydrogen (secondary N) is 1. The van der Waals surface area contributed by atoms with Crippen LogP contribution in [0.4, 0.5) is 4.39 Å². The molecule has 1 aliphatic heterocycles. The number of hydrogen-bond acceptors (Lipinski definition) is 4. The molecule has 0 bridgehead atoms. The second kappa shape index (κ2) is 5.79. The molecule has 1 N–H and O–H groups in total. The number of rotatable bonds is 3. The van der Waals surface area contributed by atoms with Crippen molar-refractivity contribution in [3.63, 3.8) is 0 Å². The Morgan fingerprint density at radius 3 is 2.59 bits per heavy atom. The monoisotopic (exact) mass is 324 g/mol. The van der Waals surface area contributed by atoms with E-state index in [0.717, 1.165) is 11.6 Å². The third-order valence-corrected chi connectivity index (χ3v) is 5.49. The molecule has 0 atom stereocenters. The van der Waals surface area contributed by atoms with Crippen LogP contribution in [0.2, 0.25) is 0 Å². The van der Waals surface area contributed by atoms with E-state index in [0.29, 0.717) is 26.2 Å². The minimum Gasteiger partial charge on any atom is -0.314 e. The molecule has 1 aliphatic rings. The van der Waals surface area contributed by atoms with Crippen LogP contribution in [0, 0.1) is 12.7 Å². The molecule has 1 saturated heterocycles. The van der Waals surface area contributed by atoms with Crippen LogP contribution in [0.1, 0.15) is 5.56 Å². The number of sulfonamides is 1. The first-order valence-electron chi connectivity index (χ1n) is 7.00. The van der Waals surface area contributed by atoms with Crippen LogP contribution in [-0.2, 0) is 10.0 Å². The minimum atomic E-state index is -3.65. The second-order valence-corrected chi connectivity index (χ2v) is 7.17. The lowest BCUT2D eigenvalue weighted by Gasteiger charge is -2.26. The summed E-state index contributed by atoms with van der Waals surface area (Å²) in [5.74, 6) is -0.612. The van der Waals surface area contributed by atoms with Crippen LogP contribution >= 0.6 is 0 Å². The van der Waals surface area contributed by atoms with E-state index in [1.807, 2.05) is 6.92 Å². The summed E-state index contributed by atoms with van der Waals surface area (Å²) in [6.45, 7) is 3.84. The van der Waals surface area contributed by atoms with Gasteiger partial charge in [-0.15, -0.1) is 0 Å². The average Bonchev–Trinajstić information content (AvgIpc) is 2.94. The highest BCUT2D eigenvalue weighted by Gasteiger charge is 2.26. The molecule has 2 heterocycles. The maximum Gasteiger partial charge on any atom is 0.243 e. The fourth-order valence-electron chi connectivity index (χ4n) is 2.41. The summed E-state index contributed by atoms with van der Waals surface area (Å²) in [7, 11) is -3.65. The Bertz CT molecular complexity index is 782. The molecule has 1 aromatic heterocycles. The van der Waals surface area contributed by atoms with E-state index in [1.54, 1.807) is 12.4 Å². The predicted molar refractivity (Wildman–Crippen MR) is 79.9 cm³/mol. The van der Waals surface area contributed by atoms with Gasteiger partial charge in [-0.05, 0) is 30.7 Å². The quantitative estimate of drug-likeness (QED) is 0.911. The summed E-state index contributed by atoms with van der Waals surface area (Å²) >= 11 is 0. The average molecular weight is 324 g/mol. The van der Waals surface area contributed by atoms with Crippen LogP contribution in [0.15, 0.2) is 35.5 Å². The number of aryl methyl sites for hydroxylation is 1. The maximum atomic E-state index is 14.3. The first-order chi connectivity index (χ1) is 10.5. The standard InChI is InChI=1S/C14H17FN4O2S/c1-11-9-17-19(10-11)14-3-2-12(8-13(14)15)22(20,21)18-6-4-16-5-7-18/h2-3,8-10,16H,4-7H2,1H3. The lowest BCUT2D eigenvalue weighted by atomic mass is 10.3. The highest BCUT2D eigenvalue weighted by Crippen LogP contribution is 2.21. The van der Waals surface area contributed by atoms with E-state index in [9.17, 15) is 12.8 Å². The number of benzene rings is 1. The van der Waals surface area contributed by atoms with Gasteiger partial charge in [-0.25, -0.2) is 17.5 Å². The number of nitrogens with zero attached hydrogens (tertiary/aromatic N) is 3. The van der Waals surface area contributed by atoms with Crippen molar-refractivity contribution in [3.8, 4) is 5.69 Å². The zero-order chi connectivity index (χ0) is 15.7. The first-order valence-corrected chi connectivity index (χ1v) is 8.44. The molecule has 6 nitrogen and oxygen atoms in total. The smallest absolute Gasteiger partial charge is 0.243 e. The van der Waals surface area contributed by atoms with Gasteiger partial charge in [-0.3, -0.25) is 0 Å². The second-order valence-electron chi connectivity index (χ2n) is 5.23. The topological polar surface area (TPSA) is 67.2 Å². The molecule has 2 aromatic rings. The molecule has 0 aliphatic carbocycles. The van der Waals surface area contributed by atoms with E-state index in [1.165, 1.54) is 21.1 Å². The van der Waals surface area contributed by atoms with Crippen molar-refractivity contribution in [1.82, 2.24) is 19.4 Å². The third kappa shape index (κ3) is 2.77. The van der Waals surface area contributed by atoms with Gasteiger partial charge >= 0.3 is 0 Å². The zero-order valence-corrected chi connectivity index (χ0v) is 13.0. The molecule has 8 heteroatoms. The number of halogens is 1. The Morgan fingerprint density at radius 1 is 1.27 bits per heavy atom. The van der Waals surface area contributed by atoms with E-state index in [2.05, 4.69) is 10.4 Å². The van der Waals surface area contributed by atoms with Crippen molar-refractivity contribution < 1.29 is 12.8 Å². The molecule has 0 amide bonds. The van der Waals surface area contributed by atoms with Crippen molar-refractivity contribution in [2.24, 2.45) is 0 Å². The fourth-order valence-corrected chi connectivity index (χ4v) is 3.87. The van der Waals surface area contributed by atoms with Gasteiger partial charge in [-0.2, -0.15) is 9.40 Å². The fraction of sp³-hybridized carbons (Fsp3) is 0.357. The summed E-state index contributed by atoms with van der Waals surface area (Å²) in [5, 5.41) is 7.13. The van der Waals surface area contributed by atoms with Gasteiger partial charge in [0.1, 0.15) is 11.5 Å². The van der Waals surface area contributed by atoms with E-state index in [-0.39, 0.29) is 10.6 Å². The predicted octanol–water partition coefficient (Wildman–Crippen LogP) is 0.914. The minimum absolute atomic E-state index is 0.0282. The molecule has 3 rings (SSSR count). The van der Waals surface area contributed by atoms with Crippen molar-refractivity contribution in [2.45, 2.75) is 11.8 Å². The van der Waals surface area contributed by atoms with Crippen LogP contribution in [0.25, 0.3) is 5.69 Å². The normalized spacial score (nSPS) is 16.8. The SMILES string of the molecule is Cc1cnn(-c2ccc(S(=O)(=O)N3CCNCC3)cc2F)c1. The molecule has 0 spiro atoms. The van der Waals surface area contributed by atoms with Crippen molar-refractivity contribution in [3.05, 3.63) is 42.0 Å². The van der Waals surface area contributed by atoms with Gasteiger partial charge in [0, 0.05) is 32.4 Å². The van der Waals surface area contributed by atoms with Crippen molar-refractivity contribution in [1.29, 1.82) is 0 Å². The molecule has 1 aromatic carbocycles. The van der Waals surface area contributed by atoms with Crippen molar-refractivity contribution in [2.75, 3.05) is 26.2 Å². The van der Waals surface area contributed by atoms with Crippen LogP contribution in [0.3, 0.4) is 0 Å². The maximum absolute atomic E-state index is 14.3. The largest absolute Gasteiger partial charge is 0.314 e. The van der Waals surface area contributed by atoms with Gasteiger partial charge in [-0.1, -0.05) is 0 Å². The van der Waals surface area contributed by atoms with Gasteiger partial charge in [0.05, 0.1) is 11.1 Å². The highest BCUT2D eigenvalue weighted by molar-refractivity contribution is 7.89. The molecular formula is C14H17FN4O2S. The lowest BCUT2D eigenvalue weighted by Crippen LogP contribution is -2.46. The van der Waals surface area contributed by atoms with Gasteiger partial charge in [0.25, 0.3) is 0 Å². The highest BCUT2D eigenvalue weighted by atomic mass is 32.2. The summed E-state index contributed by atoms with van der Waals surface area (Å²) in [6, 6.07) is 3.92. The first kappa shape index (κ1) is 15.1. The Hall–Kier alpha value is -1.77. The Labute approximate surface area is 128 Å². The van der Waals surface area contributed by atoms with Crippen molar-refractivity contribution >= 4 is 10.0 Å². The van der Waals surface area contributed by atoms with Gasteiger partial charge in [0.2, 0.25) is 10.0 Å². The number of aromatic nitrogens is 2. The van der Waals surface area contributed by atoms with Gasteiger partial charge < -0.3 is 5.32 Å². The Kier molecular flexibility index (Phi) is 3.98. The third-order valence-electron chi connectivity index (χ3n) is 3.59. The zero-order valence-electron chi connectivity index (χ0n) is 12.2. The number of hydrogen-bond donors (Lipinski definition) is 1. The van der Waals surface area contributed by atoms with Crippen LogP contribution in [-0.4, -0.2) is 48.7 Å². The number of piperazine rings is 1. The molecule has 118 valence electrons. The molecule has 0 unspecified atom stereocenters. The van der Waals surface area contributed by atoms with Gasteiger partial charge in [0.15, 0.2) is 0 Å². The molecule has 1 fully saturated rings. The summed E-state index contributed by atoms with van der Waals surface area (Å²) in [5.41, 5.74) is 1.13. The summed E-state index contributed by atoms with van der Waals surface area (Å²) < 4.78 is 42.1. The molecule has 0 saturated carbocycles. The summed E-state index contributed by atoms with van der Waals surface area (Å²) in [6.07, 6.45) is 3.30. The summed E-state index contributed by atoms with van der Waals surface area (Å²) in [4.78, 5) is -0.0282. The van der Waals surface area contributed by atoms with E-state index < -0.39 is 15.8 Å². The van der Waals surface area contributed by atoms with Crippen LogP contribution in [0.5, 0.6) is 0 Å². The van der Waals surface area contributed by atoms with E-state index >= 15 is 0 Å². The molecule has 22 heavy (non-hydrogen) atoms. The molecular weight excluding hydrogens is 307 g/mol. The Morgan fingerprint density at radius 2 is 2.00 bits per heavy atom. The Balaban J connectivity index is 1.94. The van der Waals surface area contributed by atoms with E-state index in [4.69, 9.17) is 0 Å². The lowest BCUT2D eigenvalue weighted by molar-refractivity contribution is 0.360.